The van der Waals surface area contributed by atoms with Gasteiger partial charge in [-0.3, -0.25) is 19.8 Å². The zero-order valence-corrected chi connectivity index (χ0v) is 20.6. The largest absolute Gasteiger partial charge is 0.318 e. The Hall–Kier alpha value is -2.93. The first-order valence-electron chi connectivity index (χ1n) is 10.4. The molecule has 1 aromatic heterocycles. The van der Waals surface area contributed by atoms with E-state index in [1.165, 1.54) is 10.5 Å². The third kappa shape index (κ3) is 4.22. The van der Waals surface area contributed by atoms with Crippen LogP contribution in [0.15, 0.2) is 54.1 Å². The lowest BCUT2D eigenvalue weighted by Gasteiger charge is -2.29. The first kappa shape index (κ1) is 23.2. The molecule has 1 aliphatic rings. The number of aryl methyl sites for hydroxylation is 2. The maximum atomic E-state index is 13.4. The number of nitrogens with one attached hydrogen (secondary N) is 1. The summed E-state index contributed by atoms with van der Waals surface area (Å²) in [5.74, 6) is -1.12. The molecule has 33 heavy (non-hydrogen) atoms. The van der Waals surface area contributed by atoms with Gasteiger partial charge in [0.25, 0.3) is 11.8 Å². The fourth-order valence-corrected chi connectivity index (χ4v) is 4.56. The Morgan fingerprint density at radius 2 is 1.76 bits per heavy atom. The molecule has 5 nitrogen and oxygen atoms in total. The lowest BCUT2D eigenvalue weighted by molar-refractivity contribution is -0.122. The number of thiocarbonyl (C=S) groups is 1. The molecule has 0 radical (unpaired) electrons. The van der Waals surface area contributed by atoms with Gasteiger partial charge in [0.2, 0.25) is 0 Å². The summed E-state index contributed by atoms with van der Waals surface area (Å²) in [6.07, 6.45) is 2.55. The molecule has 3 aromatic rings. The average Bonchev–Trinajstić information content (AvgIpc) is 3.06. The van der Waals surface area contributed by atoms with E-state index >= 15 is 0 Å². The van der Waals surface area contributed by atoms with Crippen molar-refractivity contribution in [2.75, 3.05) is 4.90 Å². The maximum Gasteiger partial charge on any atom is 0.270 e. The highest BCUT2D eigenvalue weighted by atomic mass is 35.5. The quantitative estimate of drug-likeness (QED) is 0.281. The lowest BCUT2D eigenvalue weighted by Crippen LogP contribution is -2.54. The molecule has 1 aliphatic heterocycles. The predicted molar refractivity (Wildman–Crippen MR) is 137 cm³/mol. The molecular formula is C25H21Cl2N3O2S. The number of hydrogen-bond acceptors (Lipinski definition) is 3. The second kappa shape index (κ2) is 9.14. The van der Waals surface area contributed by atoms with E-state index in [4.69, 9.17) is 35.4 Å². The van der Waals surface area contributed by atoms with Crippen LogP contribution < -0.4 is 10.2 Å². The van der Waals surface area contributed by atoms with Crippen molar-refractivity contribution in [2.45, 2.75) is 27.2 Å². The standard InChI is InChI=1S/C25H21Cl2N3O2S/c1-4-16-8-10-18(11-9-16)29-14(2)12-17(15(29)3)13-19-23(31)28-25(33)30(24(19)32)21-7-5-6-20(26)22(21)27/h5-13H,4H2,1-3H3,(H,28,31,33)/b19-13+. The topological polar surface area (TPSA) is 54.3 Å². The van der Waals surface area contributed by atoms with Crippen LogP contribution in [0.25, 0.3) is 11.8 Å². The smallest absolute Gasteiger partial charge is 0.270 e. The van der Waals surface area contributed by atoms with E-state index < -0.39 is 11.8 Å². The van der Waals surface area contributed by atoms with E-state index in [9.17, 15) is 9.59 Å². The minimum absolute atomic E-state index is 0.0405. The van der Waals surface area contributed by atoms with Gasteiger partial charge in [0.15, 0.2) is 5.11 Å². The summed E-state index contributed by atoms with van der Waals surface area (Å²) in [7, 11) is 0. The number of rotatable bonds is 4. The molecule has 4 rings (SSSR count). The minimum Gasteiger partial charge on any atom is -0.318 e. The molecule has 0 unspecified atom stereocenters. The Kier molecular flexibility index (Phi) is 6.43. The highest BCUT2D eigenvalue weighted by Gasteiger charge is 2.36. The summed E-state index contributed by atoms with van der Waals surface area (Å²) in [5.41, 5.74) is 5.19. The van der Waals surface area contributed by atoms with Gasteiger partial charge in [0, 0.05) is 17.1 Å². The SMILES string of the molecule is CCc1ccc(-n2c(C)cc(/C=C3\C(=O)NC(=S)N(c4cccc(Cl)c4Cl)C3=O)c2C)cc1. The van der Waals surface area contributed by atoms with E-state index in [0.29, 0.717) is 5.69 Å². The van der Waals surface area contributed by atoms with Gasteiger partial charge < -0.3 is 4.57 Å². The van der Waals surface area contributed by atoms with Gasteiger partial charge in [-0.25, -0.2) is 0 Å². The van der Waals surface area contributed by atoms with Crippen molar-refractivity contribution in [3.63, 3.8) is 0 Å². The Bertz CT molecular complexity index is 1330. The molecular weight excluding hydrogens is 477 g/mol. The molecule has 1 saturated heterocycles. The van der Waals surface area contributed by atoms with Gasteiger partial charge in [0.1, 0.15) is 5.57 Å². The third-order valence-electron chi connectivity index (χ3n) is 5.65. The number of nitrogens with zero attached hydrogens (tertiary/aromatic N) is 2. The van der Waals surface area contributed by atoms with E-state index in [1.54, 1.807) is 24.3 Å². The van der Waals surface area contributed by atoms with Crippen molar-refractivity contribution < 1.29 is 9.59 Å². The van der Waals surface area contributed by atoms with Crippen LogP contribution in [0.2, 0.25) is 10.0 Å². The van der Waals surface area contributed by atoms with Crippen molar-refractivity contribution in [1.29, 1.82) is 0 Å². The average molecular weight is 498 g/mol. The number of amides is 2. The summed E-state index contributed by atoms with van der Waals surface area (Å²) >= 11 is 17.7. The summed E-state index contributed by atoms with van der Waals surface area (Å²) in [6, 6.07) is 15.2. The van der Waals surface area contributed by atoms with Gasteiger partial charge in [-0.05, 0) is 80.0 Å². The van der Waals surface area contributed by atoms with Crippen molar-refractivity contribution in [3.05, 3.63) is 86.7 Å². The van der Waals surface area contributed by atoms with Crippen LogP contribution in [0.3, 0.4) is 0 Å². The molecule has 168 valence electrons. The van der Waals surface area contributed by atoms with Crippen molar-refractivity contribution >= 4 is 64.1 Å². The molecule has 2 amide bonds. The molecule has 2 aromatic carbocycles. The van der Waals surface area contributed by atoms with Crippen molar-refractivity contribution in [1.82, 2.24) is 9.88 Å². The lowest BCUT2D eigenvalue weighted by atomic mass is 10.1. The van der Waals surface area contributed by atoms with E-state index in [-0.39, 0.29) is 20.7 Å². The number of aromatic nitrogens is 1. The molecule has 2 heterocycles. The molecule has 0 bridgehead atoms. The first-order valence-corrected chi connectivity index (χ1v) is 11.5. The zero-order valence-electron chi connectivity index (χ0n) is 18.3. The number of benzene rings is 2. The Balaban J connectivity index is 1.76. The molecule has 1 N–H and O–H groups in total. The molecule has 0 spiro atoms. The zero-order chi connectivity index (χ0) is 23.9. The molecule has 0 aliphatic carbocycles. The molecule has 0 saturated carbocycles. The van der Waals surface area contributed by atoms with E-state index in [1.807, 2.05) is 19.9 Å². The van der Waals surface area contributed by atoms with Crippen LogP contribution in [-0.2, 0) is 16.0 Å². The van der Waals surface area contributed by atoms with Crippen LogP contribution in [0, 0.1) is 13.8 Å². The van der Waals surface area contributed by atoms with Crippen LogP contribution in [0.5, 0.6) is 0 Å². The second-order valence-corrected chi connectivity index (χ2v) is 8.88. The summed E-state index contributed by atoms with van der Waals surface area (Å²) in [6.45, 7) is 6.05. The number of anilines is 1. The van der Waals surface area contributed by atoms with Crippen molar-refractivity contribution in [2.24, 2.45) is 0 Å². The number of halogens is 2. The van der Waals surface area contributed by atoms with Gasteiger partial charge >= 0.3 is 0 Å². The van der Waals surface area contributed by atoms with E-state index in [2.05, 4.69) is 41.1 Å². The first-order chi connectivity index (χ1) is 15.7. The monoisotopic (exact) mass is 497 g/mol. The fourth-order valence-electron chi connectivity index (χ4n) is 3.91. The van der Waals surface area contributed by atoms with Crippen LogP contribution in [-0.4, -0.2) is 21.5 Å². The molecule has 0 atom stereocenters. The molecule has 8 heteroatoms. The Morgan fingerprint density at radius 3 is 2.42 bits per heavy atom. The summed E-state index contributed by atoms with van der Waals surface area (Å²) in [4.78, 5) is 27.3. The third-order valence-corrected chi connectivity index (χ3v) is 6.74. The number of hydrogen-bond donors (Lipinski definition) is 1. The second-order valence-electron chi connectivity index (χ2n) is 7.71. The minimum atomic E-state index is -0.565. The molecule has 1 fully saturated rings. The Labute approximate surface area is 207 Å². The maximum absolute atomic E-state index is 13.4. The highest BCUT2D eigenvalue weighted by molar-refractivity contribution is 7.80. The Morgan fingerprint density at radius 1 is 1.06 bits per heavy atom. The van der Waals surface area contributed by atoms with Crippen molar-refractivity contribution in [3.8, 4) is 5.69 Å². The number of carbonyl (C=O) groups excluding carboxylic acids is 2. The van der Waals surface area contributed by atoms with Gasteiger partial charge in [-0.15, -0.1) is 0 Å². The van der Waals surface area contributed by atoms with E-state index in [0.717, 1.165) is 29.1 Å². The van der Waals surface area contributed by atoms with Gasteiger partial charge in [0.05, 0.1) is 15.7 Å². The van der Waals surface area contributed by atoms with Crippen LogP contribution in [0.4, 0.5) is 5.69 Å². The van der Waals surface area contributed by atoms with Gasteiger partial charge in [-0.2, -0.15) is 0 Å². The highest BCUT2D eigenvalue weighted by Crippen LogP contribution is 2.34. The van der Waals surface area contributed by atoms with Crippen LogP contribution in [0.1, 0.15) is 29.4 Å². The summed E-state index contributed by atoms with van der Waals surface area (Å²) < 4.78 is 2.09. The predicted octanol–water partition coefficient (Wildman–Crippen LogP) is 5.79. The normalized spacial score (nSPS) is 15.4. The van der Waals surface area contributed by atoms with Crippen LogP contribution >= 0.6 is 35.4 Å². The van der Waals surface area contributed by atoms with Gasteiger partial charge in [-0.1, -0.05) is 48.3 Å². The summed E-state index contributed by atoms with van der Waals surface area (Å²) in [5, 5.41) is 2.99. The number of carbonyl (C=O) groups is 2. The fraction of sp³-hybridized carbons (Fsp3) is 0.160.